The molecule has 2 fully saturated rings. The van der Waals surface area contributed by atoms with Crippen molar-refractivity contribution >= 4 is 17.8 Å². The molecule has 1 heterocycles. The molecule has 9 heteroatoms. The van der Waals surface area contributed by atoms with Gasteiger partial charge < -0.3 is 5.32 Å². The van der Waals surface area contributed by atoms with E-state index in [0.717, 1.165) is 37.7 Å². The molecule has 1 unspecified atom stereocenters. The van der Waals surface area contributed by atoms with Gasteiger partial charge in [-0.25, -0.2) is 4.79 Å². The van der Waals surface area contributed by atoms with Gasteiger partial charge in [0, 0.05) is 13.0 Å². The first-order valence-electron chi connectivity index (χ1n) is 10.8. The first kappa shape index (κ1) is 23.1. The Kier molecular flexibility index (Phi) is 7.23. The number of halogens is 3. The summed E-state index contributed by atoms with van der Waals surface area (Å²) in [5.74, 6) is -2.06. The van der Waals surface area contributed by atoms with Gasteiger partial charge in [-0.3, -0.25) is 19.8 Å². The van der Waals surface area contributed by atoms with Gasteiger partial charge in [0.2, 0.25) is 5.91 Å². The number of nitrogens with one attached hydrogen (secondary N) is 2. The van der Waals surface area contributed by atoms with Crippen LogP contribution in [0.15, 0.2) is 30.3 Å². The van der Waals surface area contributed by atoms with E-state index in [9.17, 15) is 27.6 Å². The third kappa shape index (κ3) is 5.37. The predicted octanol–water partition coefficient (Wildman–Crippen LogP) is 3.91. The molecule has 4 amide bonds. The lowest BCUT2D eigenvalue weighted by Gasteiger charge is -2.30. The number of nitrogens with zero attached hydrogens (tertiary/aromatic N) is 1. The Hall–Kier alpha value is -2.58. The Labute approximate surface area is 179 Å². The van der Waals surface area contributed by atoms with Crippen LogP contribution >= 0.6 is 0 Å². The number of carbonyl (C=O) groups is 3. The minimum absolute atomic E-state index is 0.111. The number of aryl methyl sites for hydroxylation is 1. The standard InChI is InChI=1S/C22H28F3N3O3/c23-22(24,25)21(26-18(29)14-13-17-10-5-2-6-11-17)19(30)28(20(31)27-21)15-7-12-16-8-3-1-4-9-16/h1,3-4,8-9,17H,2,5-7,10-15H2,(H,26,29)(H,27,31). The van der Waals surface area contributed by atoms with Crippen molar-refractivity contribution in [1.29, 1.82) is 0 Å². The summed E-state index contributed by atoms with van der Waals surface area (Å²) in [6.45, 7) is -0.171. The second kappa shape index (κ2) is 9.70. The van der Waals surface area contributed by atoms with Crippen molar-refractivity contribution < 1.29 is 27.6 Å². The van der Waals surface area contributed by atoms with Crippen molar-refractivity contribution in [3.8, 4) is 0 Å². The maximum absolute atomic E-state index is 13.9. The van der Waals surface area contributed by atoms with Gasteiger partial charge in [-0.2, -0.15) is 13.2 Å². The van der Waals surface area contributed by atoms with E-state index < -0.39 is 29.7 Å². The van der Waals surface area contributed by atoms with Crippen molar-refractivity contribution in [2.45, 2.75) is 69.6 Å². The lowest BCUT2D eigenvalue weighted by Crippen LogP contribution is -2.69. The summed E-state index contributed by atoms with van der Waals surface area (Å²) in [6, 6.07) is 8.08. The molecule has 31 heavy (non-hydrogen) atoms. The van der Waals surface area contributed by atoms with E-state index >= 15 is 0 Å². The highest BCUT2D eigenvalue weighted by molar-refractivity contribution is 6.08. The smallest absolute Gasteiger partial charge is 0.318 e. The fourth-order valence-electron chi connectivity index (χ4n) is 4.30. The number of carbonyl (C=O) groups excluding carboxylic acids is 3. The fraction of sp³-hybridized carbons (Fsp3) is 0.591. The van der Waals surface area contributed by atoms with Crippen molar-refractivity contribution in [2.24, 2.45) is 5.92 Å². The summed E-state index contributed by atoms with van der Waals surface area (Å²) in [7, 11) is 0. The average molecular weight is 439 g/mol. The zero-order chi connectivity index (χ0) is 22.5. The zero-order valence-electron chi connectivity index (χ0n) is 17.3. The summed E-state index contributed by atoms with van der Waals surface area (Å²) in [5, 5.41) is 3.51. The molecule has 2 aliphatic rings. The van der Waals surface area contributed by atoms with Crippen molar-refractivity contribution in [1.82, 2.24) is 15.5 Å². The quantitative estimate of drug-likeness (QED) is 0.603. The van der Waals surface area contributed by atoms with Crippen LogP contribution in [-0.2, 0) is 16.0 Å². The third-order valence-corrected chi connectivity index (χ3v) is 6.05. The minimum Gasteiger partial charge on any atom is -0.318 e. The van der Waals surface area contributed by atoms with Gasteiger partial charge in [0.25, 0.3) is 11.6 Å². The van der Waals surface area contributed by atoms with Crippen molar-refractivity contribution in [3.05, 3.63) is 35.9 Å². The number of amides is 4. The summed E-state index contributed by atoms with van der Waals surface area (Å²) >= 11 is 0. The van der Waals surface area contributed by atoms with E-state index in [1.807, 2.05) is 30.3 Å². The number of benzene rings is 1. The SMILES string of the molecule is O=C(CCC1CCCCC1)NC1(C(F)(F)F)NC(=O)N(CCCc2ccccc2)C1=O. The predicted molar refractivity (Wildman–Crippen MR) is 108 cm³/mol. The van der Waals surface area contributed by atoms with E-state index in [4.69, 9.17) is 0 Å². The number of imide groups is 1. The topological polar surface area (TPSA) is 78.5 Å². The first-order valence-corrected chi connectivity index (χ1v) is 10.8. The molecule has 0 bridgehead atoms. The maximum Gasteiger partial charge on any atom is 0.440 e. The lowest BCUT2D eigenvalue weighted by atomic mass is 9.86. The molecule has 3 rings (SSSR count). The Balaban J connectivity index is 1.62. The molecule has 1 aromatic carbocycles. The molecule has 0 spiro atoms. The molecule has 6 nitrogen and oxygen atoms in total. The number of hydrogen-bond donors (Lipinski definition) is 2. The first-order chi connectivity index (χ1) is 14.7. The largest absolute Gasteiger partial charge is 0.440 e. The fourth-order valence-corrected chi connectivity index (χ4v) is 4.30. The number of hydrogen-bond acceptors (Lipinski definition) is 3. The van der Waals surface area contributed by atoms with Gasteiger partial charge >= 0.3 is 12.2 Å². The van der Waals surface area contributed by atoms with Gasteiger partial charge in [0.1, 0.15) is 0 Å². The van der Waals surface area contributed by atoms with E-state index in [0.29, 0.717) is 30.1 Å². The van der Waals surface area contributed by atoms with Crippen molar-refractivity contribution in [3.63, 3.8) is 0 Å². The van der Waals surface area contributed by atoms with E-state index in [1.165, 1.54) is 0 Å². The number of alkyl halides is 3. The molecule has 1 aliphatic heterocycles. The molecule has 170 valence electrons. The van der Waals surface area contributed by atoms with Gasteiger partial charge in [-0.05, 0) is 30.7 Å². The highest BCUT2D eigenvalue weighted by atomic mass is 19.4. The normalized spacial score (nSPS) is 22.5. The molecule has 1 saturated carbocycles. The zero-order valence-corrected chi connectivity index (χ0v) is 17.3. The Bertz CT molecular complexity index is 794. The third-order valence-electron chi connectivity index (χ3n) is 6.05. The Morgan fingerprint density at radius 3 is 2.45 bits per heavy atom. The van der Waals surface area contributed by atoms with E-state index in [1.54, 1.807) is 10.6 Å². The van der Waals surface area contributed by atoms with Crippen LogP contribution in [0.2, 0.25) is 0 Å². The minimum atomic E-state index is -5.16. The number of urea groups is 1. The van der Waals surface area contributed by atoms with Crippen LogP contribution in [0.3, 0.4) is 0 Å². The van der Waals surface area contributed by atoms with Crippen LogP contribution in [0.1, 0.15) is 56.9 Å². The monoisotopic (exact) mass is 439 g/mol. The van der Waals surface area contributed by atoms with Crippen LogP contribution in [-0.4, -0.2) is 41.1 Å². The Morgan fingerprint density at radius 1 is 1.13 bits per heavy atom. The molecule has 1 aliphatic carbocycles. The Morgan fingerprint density at radius 2 is 1.81 bits per heavy atom. The van der Waals surface area contributed by atoms with Gasteiger partial charge in [0.15, 0.2) is 0 Å². The average Bonchev–Trinajstić information content (AvgIpc) is 2.98. The van der Waals surface area contributed by atoms with E-state index in [-0.39, 0.29) is 13.0 Å². The van der Waals surface area contributed by atoms with Crippen LogP contribution < -0.4 is 10.6 Å². The molecule has 1 atom stereocenters. The van der Waals surface area contributed by atoms with Gasteiger partial charge in [0.05, 0.1) is 0 Å². The van der Waals surface area contributed by atoms with Gasteiger partial charge in [-0.1, -0.05) is 62.4 Å². The molecular formula is C22H28F3N3O3. The highest BCUT2D eigenvalue weighted by Crippen LogP contribution is 2.34. The highest BCUT2D eigenvalue weighted by Gasteiger charge is 2.68. The summed E-state index contributed by atoms with van der Waals surface area (Å²) in [4.78, 5) is 37.8. The molecule has 0 radical (unpaired) electrons. The van der Waals surface area contributed by atoms with Crippen LogP contribution in [0.5, 0.6) is 0 Å². The lowest BCUT2D eigenvalue weighted by molar-refractivity contribution is -0.204. The number of rotatable bonds is 8. The molecule has 2 N–H and O–H groups in total. The summed E-state index contributed by atoms with van der Waals surface area (Å²) in [6.07, 6.45) is 1.20. The maximum atomic E-state index is 13.9. The summed E-state index contributed by atoms with van der Waals surface area (Å²) < 4.78 is 41.6. The molecule has 1 saturated heterocycles. The van der Waals surface area contributed by atoms with Crippen LogP contribution in [0.25, 0.3) is 0 Å². The summed E-state index contributed by atoms with van der Waals surface area (Å²) in [5.41, 5.74) is -2.45. The second-order valence-corrected chi connectivity index (χ2v) is 8.31. The van der Waals surface area contributed by atoms with Crippen LogP contribution in [0, 0.1) is 5.92 Å². The molecule has 0 aromatic heterocycles. The van der Waals surface area contributed by atoms with Gasteiger partial charge in [-0.15, -0.1) is 0 Å². The second-order valence-electron chi connectivity index (χ2n) is 8.31. The molecule has 1 aromatic rings. The van der Waals surface area contributed by atoms with E-state index in [2.05, 4.69) is 0 Å². The van der Waals surface area contributed by atoms with Crippen molar-refractivity contribution in [2.75, 3.05) is 6.54 Å². The van der Waals surface area contributed by atoms with Crippen LogP contribution in [0.4, 0.5) is 18.0 Å². The molecular weight excluding hydrogens is 411 g/mol.